The van der Waals surface area contributed by atoms with Crippen molar-refractivity contribution in [1.82, 2.24) is 9.80 Å². The van der Waals surface area contributed by atoms with Crippen LogP contribution in [0.5, 0.6) is 0 Å². The van der Waals surface area contributed by atoms with Gasteiger partial charge in [-0.05, 0) is 37.5 Å². The largest absolute Gasteiger partial charge is 0.367 e. The number of rotatable bonds is 3. The molecule has 0 aromatic heterocycles. The topological polar surface area (TPSA) is 26.8 Å². The molecule has 28 heavy (non-hydrogen) atoms. The van der Waals surface area contributed by atoms with E-state index in [4.69, 9.17) is 11.6 Å². The molecule has 3 aliphatic rings. The minimum absolute atomic E-state index is 0.120. The van der Waals surface area contributed by atoms with Gasteiger partial charge in [0.2, 0.25) is 5.91 Å². The van der Waals surface area contributed by atoms with E-state index in [0.29, 0.717) is 31.2 Å². The summed E-state index contributed by atoms with van der Waals surface area (Å²) in [7, 11) is 0. The number of piperazine rings is 1. The second-order valence-corrected chi connectivity index (χ2v) is 8.10. The lowest BCUT2D eigenvalue weighted by Gasteiger charge is -2.39. The van der Waals surface area contributed by atoms with Gasteiger partial charge in [0.05, 0.1) is 5.69 Å². The number of likely N-dealkylation sites (tertiary alicyclic amines) is 1. The fraction of sp³-hybridized carbons (Fsp3) is 0.476. The molecule has 2 aliphatic heterocycles. The summed E-state index contributed by atoms with van der Waals surface area (Å²) in [5.41, 5.74) is 1.29. The smallest absolute Gasteiger partial charge is 0.249 e. The molecular formula is C21H24ClF2N3O. The summed E-state index contributed by atoms with van der Waals surface area (Å²) in [5, 5.41) is 0.798. The molecule has 0 bridgehead atoms. The SMILES string of the molecule is O=C(C1=CC=C(Cl)CC1)N1CCC(N2CCN(c3ccc(F)cc3F)CC2)C1. The van der Waals surface area contributed by atoms with Crippen LogP contribution in [0.2, 0.25) is 0 Å². The van der Waals surface area contributed by atoms with Crippen LogP contribution in [0, 0.1) is 11.6 Å². The van der Waals surface area contributed by atoms with E-state index in [0.717, 1.165) is 55.7 Å². The molecule has 1 aliphatic carbocycles. The highest BCUT2D eigenvalue weighted by Gasteiger charge is 2.33. The van der Waals surface area contributed by atoms with Crippen molar-refractivity contribution in [2.75, 3.05) is 44.2 Å². The summed E-state index contributed by atoms with van der Waals surface area (Å²) in [6, 6.07) is 4.08. The Hall–Kier alpha value is -1.92. The second kappa shape index (κ2) is 8.21. The summed E-state index contributed by atoms with van der Waals surface area (Å²) >= 11 is 5.98. The minimum Gasteiger partial charge on any atom is -0.367 e. The van der Waals surface area contributed by atoms with Crippen LogP contribution in [0.25, 0.3) is 0 Å². The van der Waals surface area contributed by atoms with E-state index in [1.165, 1.54) is 12.1 Å². The molecule has 1 aromatic rings. The molecule has 1 amide bonds. The van der Waals surface area contributed by atoms with Gasteiger partial charge in [0.1, 0.15) is 11.6 Å². The Morgan fingerprint density at radius 3 is 2.50 bits per heavy atom. The van der Waals surface area contributed by atoms with Gasteiger partial charge in [-0.3, -0.25) is 9.69 Å². The van der Waals surface area contributed by atoms with Gasteiger partial charge in [-0.15, -0.1) is 0 Å². The Labute approximate surface area is 169 Å². The number of carbonyl (C=O) groups excluding carboxylic acids is 1. The quantitative estimate of drug-likeness (QED) is 0.767. The first-order chi connectivity index (χ1) is 13.5. The molecular weight excluding hydrogens is 384 g/mol. The summed E-state index contributed by atoms with van der Waals surface area (Å²) in [6.07, 6.45) is 6.06. The number of hydrogen-bond acceptors (Lipinski definition) is 3. The monoisotopic (exact) mass is 407 g/mol. The molecule has 1 aromatic carbocycles. The highest BCUT2D eigenvalue weighted by Crippen LogP contribution is 2.26. The maximum Gasteiger partial charge on any atom is 0.249 e. The molecule has 1 atom stereocenters. The number of hydrogen-bond donors (Lipinski definition) is 0. The van der Waals surface area contributed by atoms with E-state index >= 15 is 0 Å². The molecule has 0 spiro atoms. The highest BCUT2D eigenvalue weighted by molar-refractivity contribution is 6.29. The summed E-state index contributed by atoms with van der Waals surface area (Å²) in [6.45, 7) is 4.52. The van der Waals surface area contributed by atoms with E-state index in [1.54, 1.807) is 0 Å². The molecule has 2 heterocycles. The Balaban J connectivity index is 1.32. The number of halogens is 3. The molecule has 1 unspecified atom stereocenters. The van der Waals surface area contributed by atoms with Gasteiger partial charge >= 0.3 is 0 Å². The summed E-state index contributed by atoms with van der Waals surface area (Å²) < 4.78 is 27.1. The Kier molecular flexibility index (Phi) is 5.69. The van der Waals surface area contributed by atoms with E-state index in [2.05, 4.69) is 4.90 Å². The third-order valence-corrected chi connectivity index (χ3v) is 6.22. The van der Waals surface area contributed by atoms with Crippen LogP contribution in [-0.4, -0.2) is 61.0 Å². The van der Waals surface area contributed by atoms with Gasteiger partial charge in [-0.25, -0.2) is 8.78 Å². The average Bonchev–Trinajstić information content (AvgIpc) is 3.18. The third kappa shape index (κ3) is 4.08. The van der Waals surface area contributed by atoms with Crippen LogP contribution in [0.4, 0.5) is 14.5 Å². The van der Waals surface area contributed by atoms with E-state index in [9.17, 15) is 13.6 Å². The molecule has 7 heteroatoms. The van der Waals surface area contributed by atoms with Crippen LogP contribution in [-0.2, 0) is 4.79 Å². The maximum absolute atomic E-state index is 14.0. The van der Waals surface area contributed by atoms with E-state index < -0.39 is 11.6 Å². The highest BCUT2D eigenvalue weighted by atomic mass is 35.5. The fourth-order valence-corrected chi connectivity index (χ4v) is 4.44. The van der Waals surface area contributed by atoms with Crippen LogP contribution < -0.4 is 4.90 Å². The molecule has 4 nitrogen and oxygen atoms in total. The molecule has 4 rings (SSSR count). The fourth-order valence-electron chi connectivity index (χ4n) is 4.28. The first-order valence-corrected chi connectivity index (χ1v) is 10.2. The Morgan fingerprint density at radius 2 is 1.82 bits per heavy atom. The number of nitrogens with zero attached hydrogens (tertiary/aromatic N) is 3. The lowest BCUT2D eigenvalue weighted by atomic mass is 10.0. The van der Waals surface area contributed by atoms with Gasteiger partial charge in [0.15, 0.2) is 0 Å². The van der Waals surface area contributed by atoms with Crippen molar-refractivity contribution in [3.8, 4) is 0 Å². The summed E-state index contributed by atoms with van der Waals surface area (Å²) in [5.74, 6) is -0.947. The van der Waals surface area contributed by atoms with Gasteiger partial charge in [0.25, 0.3) is 0 Å². The predicted molar refractivity (Wildman–Crippen MR) is 106 cm³/mol. The first kappa shape index (κ1) is 19.4. The number of allylic oxidation sites excluding steroid dienone is 3. The lowest BCUT2D eigenvalue weighted by Crippen LogP contribution is -2.51. The number of anilines is 1. The van der Waals surface area contributed by atoms with E-state index in [-0.39, 0.29) is 5.91 Å². The standard InChI is InChI=1S/C21H24ClF2N3O/c22-16-3-1-15(2-4-16)21(28)27-8-7-18(14-27)25-9-11-26(12-10-25)20-6-5-17(23)13-19(20)24/h1,3,5-6,13,18H,2,4,7-12,14H2. The van der Waals surface area contributed by atoms with Gasteiger partial charge in [-0.1, -0.05) is 17.7 Å². The first-order valence-electron chi connectivity index (χ1n) is 9.80. The average molecular weight is 408 g/mol. The van der Waals surface area contributed by atoms with Crippen molar-refractivity contribution < 1.29 is 13.6 Å². The van der Waals surface area contributed by atoms with E-state index in [1.807, 2.05) is 22.0 Å². The zero-order valence-corrected chi connectivity index (χ0v) is 16.5. The van der Waals surface area contributed by atoms with Gasteiger partial charge < -0.3 is 9.80 Å². The van der Waals surface area contributed by atoms with Crippen LogP contribution in [0.1, 0.15) is 19.3 Å². The van der Waals surface area contributed by atoms with Crippen molar-refractivity contribution in [1.29, 1.82) is 0 Å². The van der Waals surface area contributed by atoms with Crippen molar-refractivity contribution in [2.24, 2.45) is 0 Å². The number of benzene rings is 1. The molecule has 0 radical (unpaired) electrons. The summed E-state index contributed by atoms with van der Waals surface area (Å²) in [4.78, 5) is 19.0. The van der Waals surface area contributed by atoms with Crippen LogP contribution >= 0.6 is 11.6 Å². The van der Waals surface area contributed by atoms with Crippen molar-refractivity contribution in [3.63, 3.8) is 0 Å². The van der Waals surface area contributed by atoms with Crippen molar-refractivity contribution in [3.05, 3.63) is 52.6 Å². The maximum atomic E-state index is 14.0. The minimum atomic E-state index is -0.554. The lowest BCUT2D eigenvalue weighted by molar-refractivity contribution is -0.126. The molecule has 150 valence electrons. The van der Waals surface area contributed by atoms with Gasteiger partial charge in [-0.2, -0.15) is 0 Å². The molecule has 0 saturated carbocycles. The number of amides is 1. The predicted octanol–water partition coefficient (Wildman–Crippen LogP) is 3.53. The molecule has 2 fully saturated rings. The normalized spacial score (nSPS) is 23.6. The van der Waals surface area contributed by atoms with Crippen LogP contribution in [0.15, 0.2) is 41.0 Å². The number of carbonyl (C=O) groups is 1. The van der Waals surface area contributed by atoms with Crippen molar-refractivity contribution in [2.45, 2.75) is 25.3 Å². The van der Waals surface area contributed by atoms with Crippen LogP contribution in [0.3, 0.4) is 0 Å². The Bertz CT molecular complexity index is 818. The zero-order valence-electron chi connectivity index (χ0n) is 15.7. The molecule has 2 saturated heterocycles. The van der Waals surface area contributed by atoms with Gasteiger partial charge in [0, 0.05) is 62.0 Å². The zero-order chi connectivity index (χ0) is 19.7. The molecule has 0 N–H and O–H groups in total. The second-order valence-electron chi connectivity index (χ2n) is 7.62. The van der Waals surface area contributed by atoms with Crippen molar-refractivity contribution >= 4 is 23.2 Å². The third-order valence-electron chi connectivity index (χ3n) is 5.90. The Morgan fingerprint density at radius 1 is 1.04 bits per heavy atom.